The molecule has 1 aromatic heterocycles. The molecule has 0 aromatic carbocycles. The van der Waals surface area contributed by atoms with Crippen LogP contribution in [-0.4, -0.2) is 33.7 Å². The van der Waals surface area contributed by atoms with Gasteiger partial charge in [0.2, 0.25) is 0 Å². The molecule has 1 spiro atoms. The molecular weight excluding hydrogens is 246 g/mol. The molecule has 3 rings (SSSR count). The summed E-state index contributed by atoms with van der Waals surface area (Å²) in [5.41, 5.74) is 7.52. The van der Waals surface area contributed by atoms with Crippen molar-refractivity contribution in [1.82, 2.24) is 9.97 Å². The van der Waals surface area contributed by atoms with Gasteiger partial charge in [0.25, 0.3) is 0 Å². The Bertz CT molecular complexity index is 394. The Labute approximate surface area is 112 Å². The Morgan fingerprint density at radius 2 is 2.28 bits per heavy atom. The Balaban J connectivity index is 1.72. The summed E-state index contributed by atoms with van der Waals surface area (Å²) in [7, 11) is 0. The molecule has 0 aliphatic carbocycles. The van der Waals surface area contributed by atoms with Gasteiger partial charge in [-0.2, -0.15) is 11.8 Å². The van der Waals surface area contributed by atoms with Crippen LogP contribution in [0.2, 0.25) is 0 Å². The van der Waals surface area contributed by atoms with Gasteiger partial charge in [0, 0.05) is 36.4 Å². The molecule has 3 unspecified atom stereocenters. The Morgan fingerprint density at radius 3 is 3.00 bits per heavy atom. The van der Waals surface area contributed by atoms with Crippen LogP contribution in [0.1, 0.15) is 30.9 Å². The molecule has 0 amide bonds. The van der Waals surface area contributed by atoms with Crippen LogP contribution in [-0.2, 0) is 4.74 Å². The monoisotopic (exact) mass is 265 g/mol. The van der Waals surface area contributed by atoms with E-state index in [0.29, 0.717) is 5.92 Å². The first-order valence-electron chi connectivity index (χ1n) is 6.51. The largest absolute Gasteiger partial charge is 0.374 e. The van der Waals surface area contributed by atoms with Crippen molar-refractivity contribution in [3.8, 4) is 0 Å². The smallest absolute Gasteiger partial charge is 0.115 e. The first-order valence-corrected chi connectivity index (χ1v) is 7.67. The van der Waals surface area contributed by atoms with Crippen molar-refractivity contribution in [2.75, 3.05) is 18.1 Å². The summed E-state index contributed by atoms with van der Waals surface area (Å²) in [5, 5.41) is 0. The lowest BCUT2D eigenvalue weighted by molar-refractivity contribution is -0.0834. The third-order valence-corrected chi connectivity index (χ3v) is 5.29. The molecule has 2 aliphatic heterocycles. The van der Waals surface area contributed by atoms with E-state index in [-0.39, 0.29) is 11.6 Å². The number of aromatic nitrogens is 2. The molecule has 0 saturated carbocycles. The average Bonchev–Trinajstić information content (AvgIpc) is 2.87. The summed E-state index contributed by atoms with van der Waals surface area (Å²) in [6.07, 6.45) is 8.52. The number of thioether (sulfide) groups is 1. The SMILES string of the molecule is NC(c1cncnc1)C1CCOC2(CCSC2)C1. The van der Waals surface area contributed by atoms with Gasteiger partial charge < -0.3 is 10.5 Å². The first kappa shape index (κ1) is 12.4. The molecule has 2 N–H and O–H groups in total. The van der Waals surface area contributed by atoms with E-state index in [9.17, 15) is 0 Å². The molecule has 3 atom stereocenters. The highest BCUT2D eigenvalue weighted by molar-refractivity contribution is 7.99. The van der Waals surface area contributed by atoms with Gasteiger partial charge >= 0.3 is 0 Å². The van der Waals surface area contributed by atoms with Crippen LogP contribution in [0.5, 0.6) is 0 Å². The van der Waals surface area contributed by atoms with E-state index in [1.165, 1.54) is 12.2 Å². The molecule has 0 radical (unpaired) electrons. The predicted molar refractivity (Wildman–Crippen MR) is 72.3 cm³/mol. The van der Waals surface area contributed by atoms with Gasteiger partial charge in [-0.15, -0.1) is 0 Å². The van der Waals surface area contributed by atoms with Crippen molar-refractivity contribution < 1.29 is 4.74 Å². The zero-order valence-corrected chi connectivity index (χ0v) is 11.2. The van der Waals surface area contributed by atoms with E-state index in [1.807, 2.05) is 24.2 Å². The molecule has 5 heteroatoms. The molecule has 0 bridgehead atoms. The van der Waals surface area contributed by atoms with Gasteiger partial charge in [-0.3, -0.25) is 0 Å². The molecule has 1 aromatic rings. The van der Waals surface area contributed by atoms with Gasteiger partial charge in [-0.25, -0.2) is 9.97 Å². The van der Waals surface area contributed by atoms with Crippen molar-refractivity contribution in [2.45, 2.75) is 30.9 Å². The lowest BCUT2D eigenvalue weighted by Gasteiger charge is -2.40. The Hall–Kier alpha value is -0.650. The number of hydrogen-bond donors (Lipinski definition) is 1. The number of nitrogens with zero attached hydrogens (tertiary/aromatic N) is 2. The topological polar surface area (TPSA) is 61.0 Å². The minimum absolute atomic E-state index is 0.0394. The molecule has 18 heavy (non-hydrogen) atoms. The van der Waals surface area contributed by atoms with Crippen LogP contribution in [0, 0.1) is 5.92 Å². The maximum absolute atomic E-state index is 6.38. The zero-order valence-electron chi connectivity index (χ0n) is 10.4. The normalized spacial score (nSPS) is 33.7. The third-order valence-electron chi connectivity index (χ3n) is 4.07. The lowest BCUT2D eigenvalue weighted by atomic mass is 9.80. The summed E-state index contributed by atoms with van der Waals surface area (Å²) >= 11 is 2.00. The highest BCUT2D eigenvalue weighted by Crippen LogP contribution is 2.43. The van der Waals surface area contributed by atoms with Crippen LogP contribution in [0.15, 0.2) is 18.7 Å². The van der Waals surface area contributed by atoms with Crippen molar-refractivity contribution in [3.63, 3.8) is 0 Å². The quantitative estimate of drug-likeness (QED) is 0.883. The van der Waals surface area contributed by atoms with E-state index in [4.69, 9.17) is 10.5 Å². The van der Waals surface area contributed by atoms with Gasteiger partial charge in [0.1, 0.15) is 6.33 Å². The molecule has 2 aliphatic rings. The van der Waals surface area contributed by atoms with E-state index < -0.39 is 0 Å². The number of nitrogens with two attached hydrogens (primary N) is 1. The second kappa shape index (κ2) is 5.15. The molecule has 2 saturated heterocycles. The predicted octanol–water partition coefficient (Wildman–Crippen LogP) is 1.78. The lowest BCUT2D eigenvalue weighted by Crippen LogP contribution is -2.42. The minimum atomic E-state index is 0.0394. The molecule has 4 nitrogen and oxygen atoms in total. The molecule has 3 heterocycles. The summed E-state index contributed by atoms with van der Waals surface area (Å²) in [5.74, 6) is 2.83. The van der Waals surface area contributed by atoms with Gasteiger partial charge in [-0.1, -0.05) is 0 Å². The number of ether oxygens (including phenoxy) is 1. The highest BCUT2D eigenvalue weighted by Gasteiger charge is 2.42. The molecule has 98 valence electrons. The Kier molecular flexibility index (Phi) is 3.54. The standard InChI is InChI=1S/C13H19N3OS/c14-12(11-6-15-9-16-7-11)10-1-3-17-13(5-10)2-4-18-8-13/h6-7,9-10,12H,1-5,8,14H2. The van der Waals surface area contributed by atoms with Crippen molar-refractivity contribution in [1.29, 1.82) is 0 Å². The van der Waals surface area contributed by atoms with Crippen molar-refractivity contribution in [2.24, 2.45) is 11.7 Å². The average molecular weight is 265 g/mol. The van der Waals surface area contributed by atoms with E-state index >= 15 is 0 Å². The second-order valence-corrected chi connectivity index (χ2v) is 6.39. The maximum atomic E-state index is 6.38. The van der Waals surface area contributed by atoms with Crippen LogP contribution in [0.4, 0.5) is 0 Å². The minimum Gasteiger partial charge on any atom is -0.374 e. The number of hydrogen-bond acceptors (Lipinski definition) is 5. The summed E-state index contributed by atoms with van der Waals surface area (Å²) in [4.78, 5) is 8.13. The van der Waals surface area contributed by atoms with Gasteiger partial charge in [-0.05, 0) is 30.9 Å². The summed E-state index contributed by atoms with van der Waals surface area (Å²) in [6, 6.07) is 0.0394. The fourth-order valence-electron chi connectivity index (χ4n) is 2.99. The van der Waals surface area contributed by atoms with Crippen LogP contribution >= 0.6 is 11.8 Å². The highest BCUT2D eigenvalue weighted by atomic mass is 32.2. The van der Waals surface area contributed by atoms with Crippen LogP contribution in [0.3, 0.4) is 0 Å². The van der Waals surface area contributed by atoms with Crippen LogP contribution < -0.4 is 5.73 Å². The number of rotatable bonds is 2. The fourth-order valence-corrected chi connectivity index (χ4v) is 4.37. The van der Waals surface area contributed by atoms with Crippen molar-refractivity contribution in [3.05, 3.63) is 24.3 Å². The van der Waals surface area contributed by atoms with Crippen molar-refractivity contribution >= 4 is 11.8 Å². The Morgan fingerprint density at radius 1 is 1.44 bits per heavy atom. The fraction of sp³-hybridized carbons (Fsp3) is 0.692. The zero-order chi connectivity index (χ0) is 12.4. The van der Waals surface area contributed by atoms with E-state index in [2.05, 4.69) is 9.97 Å². The van der Waals surface area contributed by atoms with Gasteiger partial charge in [0.05, 0.1) is 5.60 Å². The van der Waals surface area contributed by atoms with E-state index in [1.54, 1.807) is 6.33 Å². The molecule has 2 fully saturated rings. The summed E-state index contributed by atoms with van der Waals surface area (Å²) < 4.78 is 6.04. The summed E-state index contributed by atoms with van der Waals surface area (Å²) in [6.45, 7) is 0.840. The van der Waals surface area contributed by atoms with E-state index in [0.717, 1.165) is 30.8 Å². The van der Waals surface area contributed by atoms with Gasteiger partial charge in [0.15, 0.2) is 0 Å². The second-order valence-electron chi connectivity index (χ2n) is 5.28. The first-order chi connectivity index (χ1) is 8.79. The maximum Gasteiger partial charge on any atom is 0.115 e. The molecular formula is C13H19N3OS. The van der Waals surface area contributed by atoms with Crippen LogP contribution in [0.25, 0.3) is 0 Å². The third kappa shape index (κ3) is 2.39.